The number of aromatic nitrogens is 3. The zero-order chi connectivity index (χ0) is 25.8. The summed E-state index contributed by atoms with van der Waals surface area (Å²) in [6.45, 7) is 8.85. The van der Waals surface area contributed by atoms with Gasteiger partial charge in [-0.05, 0) is 82.7 Å². The normalized spacial score (nSPS) is 17.6. The second-order valence-corrected chi connectivity index (χ2v) is 9.74. The first-order valence-electron chi connectivity index (χ1n) is 12.7. The molecule has 1 aliphatic carbocycles. The van der Waals surface area contributed by atoms with Crippen LogP contribution in [0.15, 0.2) is 41.6 Å². The highest BCUT2D eigenvalue weighted by Crippen LogP contribution is 2.34. The van der Waals surface area contributed by atoms with Crippen LogP contribution in [0.1, 0.15) is 65.3 Å². The van der Waals surface area contributed by atoms with E-state index in [4.69, 9.17) is 5.73 Å². The number of hydrogen-bond donors (Lipinski definition) is 3. The molecule has 8 nitrogen and oxygen atoms in total. The zero-order valence-electron chi connectivity index (χ0n) is 21.6. The predicted octanol–water partition coefficient (Wildman–Crippen LogP) is 3.78. The topological polar surface area (TPSA) is 117 Å². The number of aryl methyl sites for hydroxylation is 2. The maximum absolute atomic E-state index is 13.5. The van der Waals surface area contributed by atoms with Crippen molar-refractivity contribution in [3.8, 4) is 11.3 Å². The van der Waals surface area contributed by atoms with Gasteiger partial charge in [0.25, 0.3) is 11.5 Å². The van der Waals surface area contributed by atoms with E-state index in [0.717, 1.165) is 60.3 Å². The van der Waals surface area contributed by atoms with E-state index in [2.05, 4.69) is 38.2 Å². The highest BCUT2D eigenvalue weighted by Gasteiger charge is 2.26. The molecule has 1 amide bonds. The molecule has 1 aliphatic rings. The first-order valence-corrected chi connectivity index (χ1v) is 12.7. The highest BCUT2D eigenvalue weighted by atomic mass is 16.1. The fourth-order valence-corrected chi connectivity index (χ4v) is 5.23. The van der Waals surface area contributed by atoms with Crippen molar-refractivity contribution in [2.24, 2.45) is 5.73 Å². The minimum absolute atomic E-state index is 0.155. The van der Waals surface area contributed by atoms with E-state index in [-0.39, 0.29) is 24.1 Å². The highest BCUT2D eigenvalue weighted by molar-refractivity contribution is 5.98. The molecule has 1 saturated carbocycles. The lowest BCUT2D eigenvalue weighted by atomic mass is 9.89. The van der Waals surface area contributed by atoms with Crippen LogP contribution in [0.4, 0.5) is 5.69 Å². The summed E-state index contributed by atoms with van der Waals surface area (Å²) >= 11 is 0. The largest absolute Gasteiger partial charge is 0.369 e. The SMILES string of the molecule is CCN(c1cc(-c2cnccn2)cc(C(=O)NCc2c(C)cc(C)[nH]c2=O)c1C)[C@H]1CC[C@H](N)CC1. The third-order valence-corrected chi connectivity index (χ3v) is 7.24. The van der Waals surface area contributed by atoms with E-state index in [1.165, 1.54) is 0 Å². The van der Waals surface area contributed by atoms with Crippen LogP contribution >= 0.6 is 0 Å². The van der Waals surface area contributed by atoms with Crippen molar-refractivity contribution in [2.45, 2.75) is 72.0 Å². The van der Waals surface area contributed by atoms with Gasteiger partial charge in [0.05, 0.1) is 11.9 Å². The Morgan fingerprint density at radius 3 is 2.53 bits per heavy atom. The molecule has 4 N–H and O–H groups in total. The lowest BCUT2D eigenvalue weighted by Crippen LogP contribution is -2.41. The van der Waals surface area contributed by atoms with Crippen molar-refractivity contribution in [1.29, 1.82) is 0 Å². The number of anilines is 1. The molecule has 2 aromatic heterocycles. The van der Waals surface area contributed by atoms with Gasteiger partial charge in [-0.15, -0.1) is 0 Å². The number of nitrogens with two attached hydrogens (primary N) is 1. The molecule has 0 bridgehead atoms. The van der Waals surface area contributed by atoms with E-state index in [9.17, 15) is 9.59 Å². The van der Waals surface area contributed by atoms with Crippen molar-refractivity contribution >= 4 is 11.6 Å². The first kappa shape index (κ1) is 25.6. The van der Waals surface area contributed by atoms with Crippen LogP contribution < -0.4 is 21.5 Å². The molecule has 0 unspecified atom stereocenters. The Kier molecular flexibility index (Phi) is 7.84. The van der Waals surface area contributed by atoms with Gasteiger partial charge in [-0.1, -0.05) is 0 Å². The molecule has 190 valence electrons. The van der Waals surface area contributed by atoms with Gasteiger partial charge in [-0.25, -0.2) is 0 Å². The Labute approximate surface area is 212 Å². The van der Waals surface area contributed by atoms with E-state index in [0.29, 0.717) is 22.9 Å². The number of H-pyrrole nitrogens is 1. The van der Waals surface area contributed by atoms with Crippen molar-refractivity contribution < 1.29 is 4.79 Å². The Morgan fingerprint density at radius 2 is 1.89 bits per heavy atom. The summed E-state index contributed by atoms with van der Waals surface area (Å²) in [5.41, 5.74) is 12.3. The van der Waals surface area contributed by atoms with Crippen molar-refractivity contribution in [1.82, 2.24) is 20.3 Å². The molecule has 0 saturated heterocycles. The standard InChI is InChI=1S/C28H36N6O2/c1-5-34(22-8-6-21(29)7-9-22)26-14-20(25-16-30-10-11-31-25)13-23(19(26)4)27(35)32-15-24-17(2)12-18(3)33-28(24)36/h10-14,16,21-22H,5-9,15,29H2,1-4H3,(H,32,35)(H,33,36)/t21-,22-. The molecule has 0 atom stereocenters. The smallest absolute Gasteiger partial charge is 0.253 e. The fraction of sp³-hybridized carbons (Fsp3) is 0.429. The number of rotatable bonds is 7. The Balaban J connectivity index is 1.71. The van der Waals surface area contributed by atoms with Crippen molar-refractivity contribution in [2.75, 3.05) is 11.4 Å². The maximum atomic E-state index is 13.5. The second kappa shape index (κ2) is 11.0. The van der Waals surface area contributed by atoms with Gasteiger partial charge in [0.2, 0.25) is 0 Å². The second-order valence-electron chi connectivity index (χ2n) is 9.74. The Bertz CT molecular complexity index is 1280. The van der Waals surface area contributed by atoms with Gasteiger partial charge in [0.15, 0.2) is 0 Å². The molecule has 2 heterocycles. The number of nitrogens with one attached hydrogen (secondary N) is 2. The summed E-state index contributed by atoms with van der Waals surface area (Å²) in [4.78, 5) is 39.9. The van der Waals surface area contributed by atoms with Gasteiger partial charge < -0.3 is 20.9 Å². The molecule has 4 rings (SSSR count). The average molecular weight is 489 g/mol. The summed E-state index contributed by atoms with van der Waals surface area (Å²) in [5, 5.41) is 2.98. The molecule has 0 spiro atoms. The maximum Gasteiger partial charge on any atom is 0.253 e. The Morgan fingerprint density at radius 1 is 1.14 bits per heavy atom. The molecule has 0 radical (unpaired) electrons. The summed E-state index contributed by atoms with van der Waals surface area (Å²) < 4.78 is 0. The number of carbonyl (C=O) groups excluding carboxylic acids is 1. The van der Waals surface area contributed by atoms with Crippen LogP contribution in [0.5, 0.6) is 0 Å². The van der Waals surface area contributed by atoms with E-state index < -0.39 is 0 Å². The summed E-state index contributed by atoms with van der Waals surface area (Å²) in [6, 6.07) is 6.53. The summed E-state index contributed by atoms with van der Waals surface area (Å²) in [7, 11) is 0. The number of carbonyl (C=O) groups is 1. The Hall–Kier alpha value is -3.52. The molecular weight excluding hydrogens is 452 g/mol. The van der Waals surface area contributed by atoms with E-state index >= 15 is 0 Å². The predicted molar refractivity (Wildman–Crippen MR) is 143 cm³/mol. The third-order valence-electron chi connectivity index (χ3n) is 7.24. The average Bonchev–Trinajstić information content (AvgIpc) is 2.86. The quantitative estimate of drug-likeness (QED) is 0.466. The van der Waals surface area contributed by atoms with Crippen LogP contribution in [0.3, 0.4) is 0 Å². The van der Waals surface area contributed by atoms with Crippen LogP contribution in [-0.4, -0.2) is 39.5 Å². The van der Waals surface area contributed by atoms with Gasteiger partial charge in [-0.2, -0.15) is 0 Å². The number of aromatic amines is 1. The zero-order valence-corrected chi connectivity index (χ0v) is 21.6. The monoisotopic (exact) mass is 488 g/mol. The van der Waals surface area contributed by atoms with Crippen LogP contribution in [0.2, 0.25) is 0 Å². The van der Waals surface area contributed by atoms with Crippen LogP contribution in [0, 0.1) is 20.8 Å². The lowest BCUT2D eigenvalue weighted by molar-refractivity contribution is 0.0950. The summed E-state index contributed by atoms with van der Waals surface area (Å²) in [5.74, 6) is -0.222. The molecule has 3 aromatic rings. The summed E-state index contributed by atoms with van der Waals surface area (Å²) in [6.07, 6.45) is 9.06. The molecule has 1 aromatic carbocycles. The van der Waals surface area contributed by atoms with Crippen molar-refractivity contribution in [3.63, 3.8) is 0 Å². The first-order chi connectivity index (χ1) is 17.3. The van der Waals surface area contributed by atoms with Gasteiger partial charge >= 0.3 is 0 Å². The molecule has 0 aliphatic heterocycles. The number of pyridine rings is 1. The van der Waals surface area contributed by atoms with E-state index in [1.54, 1.807) is 18.6 Å². The van der Waals surface area contributed by atoms with E-state index in [1.807, 2.05) is 32.9 Å². The van der Waals surface area contributed by atoms with Gasteiger partial charge in [0.1, 0.15) is 0 Å². The minimum atomic E-state index is -0.222. The lowest BCUT2D eigenvalue weighted by Gasteiger charge is -2.38. The number of amides is 1. The number of benzene rings is 1. The van der Waals surface area contributed by atoms with Gasteiger partial charge in [0, 0.05) is 65.6 Å². The molecule has 8 heteroatoms. The van der Waals surface area contributed by atoms with Gasteiger partial charge in [-0.3, -0.25) is 19.6 Å². The number of hydrogen-bond acceptors (Lipinski definition) is 6. The van der Waals surface area contributed by atoms with Crippen molar-refractivity contribution in [3.05, 3.63) is 75.1 Å². The molecule has 36 heavy (non-hydrogen) atoms. The minimum Gasteiger partial charge on any atom is -0.369 e. The van der Waals surface area contributed by atoms with Crippen LogP contribution in [-0.2, 0) is 6.54 Å². The fourth-order valence-electron chi connectivity index (χ4n) is 5.23. The molecular formula is C28H36N6O2. The third kappa shape index (κ3) is 5.49. The van der Waals surface area contributed by atoms with Crippen LogP contribution in [0.25, 0.3) is 11.3 Å². The number of nitrogens with zero attached hydrogens (tertiary/aromatic N) is 3. The molecule has 1 fully saturated rings.